The molecule has 2 saturated carbocycles. The largest absolute Gasteiger partial charge is 0.501 e. The number of benzene rings is 2. The summed E-state index contributed by atoms with van der Waals surface area (Å²) in [5.41, 5.74) is 3.75. The molecule has 6 rings (SSSR count). The van der Waals surface area contributed by atoms with Gasteiger partial charge >= 0.3 is 11.9 Å². The average Bonchev–Trinajstić information content (AvgIpc) is 3.37. The van der Waals surface area contributed by atoms with Gasteiger partial charge in [-0.15, -0.1) is 0 Å². The number of hydrogen-bond donors (Lipinski definition) is 0. The van der Waals surface area contributed by atoms with Gasteiger partial charge in [0.2, 0.25) is 0 Å². The molecule has 2 aromatic rings. The number of hydrogen-bond acceptors (Lipinski definition) is 6. The molecule has 0 aliphatic heterocycles. The first-order chi connectivity index (χ1) is 19.5. The van der Waals surface area contributed by atoms with Crippen LogP contribution in [0.1, 0.15) is 59.5 Å². The highest BCUT2D eigenvalue weighted by Crippen LogP contribution is 2.54. The second kappa shape index (κ2) is 11.4. The van der Waals surface area contributed by atoms with Crippen LogP contribution in [-0.2, 0) is 25.4 Å². The van der Waals surface area contributed by atoms with Crippen molar-refractivity contribution in [2.24, 2.45) is 17.8 Å². The maximum Gasteiger partial charge on any atom is 0.338 e. The fourth-order valence-electron chi connectivity index (χ4n) is 7.22. The highest BCUT2D eigenvalue weighted by molar-refractivity contribution is 5.92. The molecule has 2 fully saturated rings. The minimum absolute atomic E-state index is 0.109. The summed E-state index contributed by atoms with van der Waals surface area (Å²) in [6.07, 6.45) is 11.7. The zero-order valence-electron chi connectivity index (χ0n) is 23.1. The van der Waals surface area contributed by atoms with Crippen LogP contribution in [0, 0.1) is 17.8 Å². The summed E-state index contributed by atoms with van der Waals surface area (Å²) in [6.45, 7) is 0. The monoisotopic (exact) mass is 540 g/mol. The lowest BCUT2D eigenvalue weighted by molar-refractivity contribution is -0.153. The maximum atomic E-state index is 13.6. The Labute approximate surface area is 235 Å². The van der Waals surface area contributed by atoms with Crippen molar-refractivity contribution in [3.63, 3.8) is 0 Å². The third-order valence-electron chi connectivity index (χ3n) is 9.09. The standard InChI is InChI=1S/C34H36O6/c1-37-27-12-5-3-4-10-22(18-27)33(35)40-32-26-17-25(16-24-15-21-9-6-7-14-29(21)30(24)20-26)31(32)39-34(36)23-11-8-13-28(19-23)38-2/h3,5-11,13-14,18-19,24-26,30-32H,4,12,15-17,20H2,1-2H3/b5-3-,22-10+,27-18+/t24?,25?,26?,30?,31-,32+/m1/s1. The fraction of sp³-hybridized carbons (Fsp3) is 0.412. The number of allylic oxidation sites excluding steroid dienone is 3. The van der Waals surface area contributed by atoms with Crippen molar-refractivity contribution in [2.45, 2.75) is 56.7 Å². The van der Waals surface area contributed by atoms with E-state index < -0.39 is 24.1 Å². The molecule has 0 N–H and O–H groups in total. The number of carbonyl (C=O) groups is 2. The first kappa shape index (κ1) is 26.4. The molecule has 4 aliphatic carbocycles. The van der Waals surface area contributed by atoms with Gasteiger partial charge in [0.15, 0.2) is 0 Å². The van der Waals surface area contributed by atoms with E-state index in [0.717, 1.165) is 25.7 Å². The van der Waals surface area contributed by atoms with Crippen LogP contribution < -0.4 is 4.74 Å². The number of rotatable bonds is 6. The highest BCUT2D eigenvalue weighted by Gasteiger charge is 2.53. The van der Waals surface area contributed by atoms with Gasteiger partial charge in [0.25, 0.3) is 0 Å². The summed E-state index contributed by atoms with van der Waals surface area (Å²) >= 11 is 0. The molecule has 4 aliphatic rings. The summed E-state index contributed by atoms with van der Waals surface area (Å²) < 4.78 is 23.3. The van der Waals surface area contributed by atoms with E-state index in [9.17, 15) is 9.59 Å². The molecule has 2 aromatic carbocycles. The van der Waals surface area contributed by atoms with Crippen molar-refractivity contribution in [1.82, 2.24) is 0 Å². The molecule has 4 unspecified atom stereocenters. The van der Waals surface area contributed by atoms with Crippen molar-refractivity contribution in [3.8, 4) is 5.75 Å². The molecule has 0 saturated heterocycles. The Kier molecular flexibility index (Phi) is 7.50. The molecular formula is C34H36O6. The van der Waals surface area contributed by atoms with Gasteiger partial charge < -0.3 is 18.9 Å². The van der Waals surface area contributed by atoms with Crippen LogP contribution in [0.3, 0.4) is 0 Å². The number of fused-ring (bicyclic) bond motifs is 5. The highest BCUT2D eigenvalue weighted by atomic mass is 16.6. The minimum atomic E-state index is -0.512. The fourth-order valence-corrected chi connectivity index (χ4v) is 7.22. The lowest BCUT2D eigenvalue weighted by Gasteiger charge is -2.33. The zero-order valence-corrected chi connectivity index (χ0v) is 23.1. The Morgan fingerprint density at radius 3 is 2.40 bits per heavy atom. The predicted octanol–water partition coefficient (Wildman–Crippen LogP) is 6.33. The van der Waals surface area contributed by atoms with Gasteiger partial charge in [-0.05, 0) is 79.3 Å². The normalized spacial score (nSPS) is 31.9. The third kappa shape index (κ3) is 5.19. The summed E-state index contributed by atoms with van der Waals surface area (Å²) in [4.78, 5) is 27.0. The maximum absolute atomic E-state index is 13.6. The number of methoxy groups -OCH3 is 2. The van der Waals surface area contributed by atoms with E-state index in [1.807, 2.05) is 18.2 Å². The Morgan fingerprint density at radius 1 is 0.800 bits per heavy atom. The number of carbonyl (C=O) groups excluding carboxylic acids is 2. The first-order valence-corrected chi connectivity index (χ1v) is 14.3. The average molecular weight is 541 g/mol. The van der Waals surface area contributed by atoms with Crippen molar-refractivity contribution in [1.29, 1.82) is 0 Å². The Hall–Kier alpha value is -3.80. The molecule has 208 valence electrons. The summed E-state index contributed by atoms with van der Waals surface area (Å²) in [6, 6.07) is 15.7. The molecule has 0 aromatic heterocycles. The smallest absolute Gasteiger partial charge is 0.338 e. The van der Waals surface area contributed by atoms with Crippen molar-refractivity contribution >= 4 is 11.9 Å². The molecular weight excluding hydrogens is 504 g/mol. The van der Waals surface area contributed by atoms with Crippen LogP contribution in [0.5, 0.6) is 5.75 Å². The topological polar surface area (TPSA) is 71.1 Å². The number of esters is 2. The molecule has 40 heavy (non-hydrogen) atoms. The van der Waals surface area contributed by atoms with Gasteiger partial charge in [-0.3, -0.25) is 0 Å². The zero-order chi connectivity index (χ0) is 27.6. The summed E-state index contributed by atoms with van der Waals surface area (Å²) in [5, 5.41) is 0. The third-order valence-corrected chi connectivity index (χ3v) is 9.09. The van der Waals surface area contributed by atoms with E-state index in [4.69, 9.17) is 18.9 Å². The molecule has 0 amide bonds. The second-order valence-corrected chi connectivity index (χ2v) is 11.4. The van der Waals surface area contributed by atoms with E-state index in [2.05, 4.69) is 24.3 Å². The molecule has 6 atom stereocenters. The quantitative estimate of drug-likeness (QED) is 0.315. The van der Waals surface area contributed by atoms with Crippen LogP contribution in [0.25, 0.3) is 0 Å². The molecule has 2 bridgehead atoms. The SMILES string of the molecule is CO/C1=C/C(C(=O)O[C@H]2C3CC4c5ccccc5CC4CC(C3)[C@H]2OC(=O)c2cccc(OC)c2)=C\C/C=C\C1. The van der Waals surface area contributed by atoms with Crippen LogP contribution in [-0.4, -0.2) is 38.4 Å². The van der Waals surface area contributed by atoms with Crippen molar-refractivity contribution < 1.29 is 28.5 Å². The van der Waals surface area contributed by atoms with E-state index in [1.54, 1.807) is 44.6 Å². The Morgan fingerprint density at radius 2 is 1.57 bits per heavy atom. The van der Waals surface area contributed by atoms with Crippen LogP contribution in [0.2, 0.25) is 0 Å². The van der Waals surface area contributed by atoms with Crippen LogP contribution >= 0.6 is 0 Å². The molecule has 0 heterocycles. The lowest BCUT2D eigenvalue weighted by atomic mass is 9.80. The Balaban J connectivity index is 1.29. The molecule has 6 heteroatoms. The second-order valence-electron chi connectivity index (χ2n) is 11.4. The number of ether oxygens (including phenoxy) is 4. The van der Waals surface area contributed by atoms with Gasteiger partial charge in [0, 0.05) is 18.3 Å². The van der Waals surface area contributed by atoms with Gasteiger partial charge in [-0.1, -0.05) is 48.6 Å². The van der Waals surface area contributed by atoms with Gasteiger partial charge in [-0.2, -0.15) is 0 Å². The van der Waals surface area contributed by atoms with Crippen LogP contribution in [0.4, 0.5) is 0 Å². The molecule has 6 nitrogen and oxygen atoms in total. The van der Waals surface area contributed by atoms with Crippen LogP contribution in [0.15, 0.2) is 84.2 Å². The molecule has 0 spiro atoms. The first-order valence-electron chi connectivity index (χ1n) is 14.3. The Bertz CT molecular complexity index is 1370. The van der Waals surface area contributed by atoms with Gasteiger partial charge in [0.05, 0.1) is 25.4 Å². The lowest BCUT2D eigenvalue weighted by Crippen LogP contribution is -2.40. The summed E-state index contributed by atoms with van der Waals surface area (Å²) in [7, 11) is 3.18. The van der Waals surface area contributed by atoms with E-state index in [1.165, 1.54) is 11.1 Å². The molecule has 0 radical (unpaired) electrons. The van der Waals surface area contributed by atoms with E-state index in [-0.39, 0.29) is 11.8 Å². The van der Waals surface area contributed by atoms with Crippen molar-refractivity contribution in [3.05, 3.63) is 101 Å². The summed E-state index contributed by atoms with van der Waals surface area (Å²) in [5.74, 6) is 1.66. The van der Waals surface area contributed by atoms with Gasteiger partial charge in [-0.25, -0.2) is 9.59 Å². The van der Waals surface area contributed by atoms with E-state index >= 15 is 0 Å². The predicted molar refractivity (Wildman–Crippen MR) is 151 cm³/mol. The van der Waals surface area contributed by atoms with E-state index in [0.29, 0.717) is 47.3 Å². The minimum Gasteiger partial charge on any atom is -0.501 e. The van der Waals surface area contributed by atoms with Crippen molar-refractivity contribution in [2.75, 3.05) is 14.2 Å². The van der Waals surface area contributed by atoms with Gasteiger partial charge in [0.1, 0.15) is 23.7 Å².